The molecule has 2 aliphatic rings. The van der Waals surface area contributed by atoms with Crippen LogP contribution in [-0.2, 0) is 24.7 Å². The number of nitrogens with zero attached hydrogens (tertiary/aromatic N) is 3. The lowest BCUT2D eigenvalue weighted by Crippen LogP contribution is -2.47. The van der Waals surface area contributed by atoms with Crippen molar-refractivity contribution in [2.75, 3.05) is 68.8 Å². The summed E-state index contributed by atoms with van der Waals surface area (Å²) in [6, 6.07) is 17.5. The average Bonchev–Trinajstić information content (AvgIpc) is 3.28. The summed E-state index contributed by atoms with van der Waals surface area (Å²) < 4.78 is 98.1. The van der Waals surface area contributed by atoms with E-state index in [9.17, 15) is 39.6 Å². The van der Waals surface area contributed by atoms with Crippen LogP contribution in [-0.4, -0.2) is 109 Å². The summed E-state index contributed by atoms with van der Waals surface area (Å²) in [5.41, 5.74) is 3.10. The van der Waals surface area contributed by atoms with Crippen molar-refractivity contribution in [2.24, 2.45) is 11.1 Å². The van der Waals surface area contributed by atoms with Gasteiger partial charge in [-0.1, -0.05) is 74.2 Å². The van der Waals surface area contributed by atoms with Crippen LogP contribution in [0.1, 0.15) is 94.8 Å². The largest absolute Gasteiger partial charge is 0.501 e. The Labute approximate surface area is 410 Å². The Bertz CT molecular complexity index is 2450. The molecule has 12 nitrogen and oxygen atoms in total. The first kappa shape index (κ1) is 54.9. The first-order chi connectivity index (χ1) is 32.0. The van der Waals surface area contributed by atoms with Gasteiger partial charge in [-0.2, -0.15) is 13.2 Å². The maximum absolute atomic E-state index is 14.2. The number of primary amides is 1. The van der Waals surface area contributed by atoms with E-state index in [0.29, 0.717) is 42.7 Å². The molecule has 0 bridgehead atoms. The monoisotopic (exact) mass is 1020 g/mol. The Morgan fingerprint density at radius 1 is 0.912 bits per heavy atom. The number of nitrogens with two attached hydrogens (primary N) is 1. The van der Waals surface area contributed by atoms with Gasteiger partial charge in [-0.3, -0.25) is 14.5 Å². The van der Waals surface area contributed by atoms with Crippen molar-refractivity contribution in [3.05, 3.63) is 101 Å². The van der Waals surface area contributed by atoms with Crippen LogP contribution in [0.25, 0.3) is 0 Å². The summed E-state index contributed by atoms with van der Waals surface area (Å²) in [5, 5.41) is 3.66. The maximum atomic E-state index is 14.2. The molecule has 3 aromatic carbocycles. The fourth-order valence-electron chi connectivity index (χ4n) is 8.49. The zero-order valence-electron chi connectivity index (χ0n) is 39.3. The Kier molecular flexibility index (Phi) is 19.9. The SMILES string of the molecule is C=C(Cl)CCC1=C(CN2CCN(c3ccc(C(=O)NS(=O)(=O)c4ccc(N[C@H](CCN(C)CCCCCCC(N)=O)CSc5ccccc5)c(S(=O)(=O)C(F)(F)F)c4)cc3)CC2)CCC(C)(C)C1. The van der Waals surface area contributed by atoms with Crippen molar-refractivity contribution in [3.8, 4) is 0 Å². The molecule has 19 heteroatoms. The normalized spacial score (nSPS) is 16.4. The van der Waals surface area contributed by atoms with Crippen LogP contribution in [0.5, 0.6) is 0 Å². The molecule has 5 rings (SSSR count). The topological polar surface area (TPSA) is 162 Å². The molecule has 1 atom stereocenters. The van der Waals surface area contributed by atoms with Gasteiger partial charge in [0, 0.05) is 72.1 Å². The minimum Gasteiger partial charge on any atom is -0.380 e. The predicted molar refractivity (Wildman–Crippen MR) is 267 cm³/mol. The van der Waals surface area contributed by atoms with Gasteiger partial charge in [0.05, 0.1) is 10.6 Å². The van der Waals surface area contributed by atoms with E-state index in [4.69, 9.17) is 17.3 Å². The van der Waals surface area contributed by atoms with Gasteiger partial charge >= 0.3 is 5.51 Å². The minimum absolute atomic E-state index is 0.0106. The lowest BCUT2D eigenvalue weighted by Gasteiger charge is -2.39. The molecule has 2 amide bonds. The molecule has 0 radical (unpaired) electrons. The van der Waals surface area contributed by atoms with E-state index < -0.39 is 52.8 Å². The quantitative estimate of drug-likeness (QED) is 0.0421. The third-order valence-corrected chi connectivity index (χ3v) is 16.7. The number of thioether (sulfide) groups is 1. The van der Waals surface area contributed by atoms with E-state index in [1.807, 2.05) is 42.1 Å². The van der Waals surface area contributed by atoms with Gasteiger partial charge in [0.1, 0.15) is 4.90 Å². The minimum atomic E-state index is -6.08. The molecule has 1 aliphatic heterocycles. The summed E-state index contributed by atoms with van der Waals surface area (Å²) in [6.07, 6.45) is 8.97. The Morgan fingerprint density at radius 2 is 1.59 bits per heavy atom. The first-order valence-corrected chi connectivity index (χ1v) is 27.4. The van der Waals surface area contributed by atoms with Gasteiger partial charge in [0.2, 0.25) is 5.91 Å². The number of benzene rings is 3. The molecular formula is C49H66ClF3N6O6S3. The van der Waals surface area contributed by atoms with E-state index in [1.54, 1.807) is 12.1 Å². The number of carbonyl (C=O) groups excluding carboxylic acids is 2. The third kappa shape index (κ3) is 16.5. The van der Waals surface area contributed by atoms with Gasteiger partial charge in [-0.15, -0.1) is 11.8 Å². The van der Waals surface area contributed by atoms with Crippen LogP contribution in [0.2, 0.25) is 0 Å². The standard InChI is InChI=1S/C49H66ClF3N6O6S3/c1-36(50)15-16-38-33-48(2,3)25-23-39(38)34-58-28-30-59(31-29-58)41-19-17-37(18-20-41)47(61)56-68(64,65)43-21-22-44(45(32-43)67(62,63)49(51,52)53)55-40(35-66-42-12-8-7-9-13-42)24-27-57(4)26-11-6-5-10-14-46(54)60/h7-9,12-13,17-22,32,40,55H,1,5-6,10-11,14-16,23-31,33-35H2,2-4H3,(H2,54,60)(H,56,61)/t40-/m1/s1. The molecule has 0 unspecified atom stereocenters. The Morgan fingerprint density at radius 3 is 2.24 bits per heavy atom. The number of sulfone groups is 1. The zero-order valence-corrected chi connectivity index (χ0v) is 42.5. The van der Waals surface area contributed by atoms with Crippen molar-refractivity contribution in [1.82, 2.24) is 14.5 Å². The van der Waals surface area contributed by atoms with Gasteiger partial charge in [0.25, 0.3) is 25.8 Å². The second-order valence-electron chi connectivity index (χ2n) is 18.6. The molecular weight excluding hydrogens is 957 g/mol. The number of allylic oxidation sites excluding steroid dienone is 2. The van der Waals surface area contributed by atoms with Crippen LogP contribution in [0.15, 0.2) is 110 Å². The van der Waals surface area contributed by atoms with Crippen LogP contribution >= 0.6 is 23.4 Å². The number of unbranched alkanes of at least 4 members (excludes halogenated alkanes) is 3. The molecule has 1 heterocycles. The van der Waals surface area contributed by atoms with Crippen molar-refractivity contribution in [2.45, 2.75) is 111 Å². The molecule has 374 valence electrons. The summed E-state index contributed by atoms with van der Waals surface area (Å²) >= 11 is 7.56. The van der Waals surface area contributed by atoms with E-state index in [0.717, 1.165) is 113 Å². The number of rotatable bonds is 25. The van der Waals surface area contributed by atoms with Gasteiger partial charge in [0.15, 0.2) is 0 Å². The fourth-order valence-corrected chi connectivity index (χ4v) is 11.6. The van der Waals surface area contributed by atoms with Crippen LogP contribution in [0.4, 0.5) is 24.5 Å². The lowest BCUT2D eigenvalue weighted by molar-refractivity contribution is -0.118. The summed E-state index contributed by atoms with van der Waals surface area (Å²) in [7, 11) is -9.03. The number of anilines is 2. The number of sulfonamides is 1. The molecule has 1 saturated heterocycles. The number of hydrogen-bond donors (Lipinski definition) is 3. The number of halogens is 4. The van der Waals surface area contributed by atoms with Gasteiger partial charge in [-0.25, -0.2) is 21.6 Å². The van der Waals surface area contributed by atoms with E-state index >= 15 is 0 Å². The molecule has 0 spiro atoms. The number of amides is 2. The van der Waals surface area contributed by atoms with E-state index in [-0.39, 0.29) is 16.9 Å². The van der Waals surface area contributed by atoms with Crippen LogP contribution < -0.4 is 20.7 Å². The summed E-state index contributed by atoms with van der Waals surface area (Å²) in [4.78, 5) is 29.9. The first-order valence-electron chi connectivity index (χ1n) is 23.1. The van der Waals surface area contributed by atoms with Crippen LogP contribution in [0, 0.1) is 5.41 Å². The van der Waals surface area contributed by atoms with Gasteiger partial charge in [-0.05, 0) is 132 Å². The zero-order chi connectivity index (χ0) is 49.7. The lowest BCUT2D eigenvalue weighted by atomic mass is 9.73. The second kappa shape index (κ2) is 24.7. The van der Waals surface area contributed by atoms with Crippen molar-refractivity contribution < 1.29 is 39.6 Å². The second-order valence-corrected chi connectivity index (χ2v) is 23.8. The summed E-state index contributed by atoms with van der Waals surface area (Å²) in [6.45, 7) is 13.8. The van der Waals surface area contributed by atoms with Crippen molar-refractivity contribution >= 4 is 66.4 Å². The van der Waals surface area contributed by atoms with Crippen molar-refractivity contribution in [3.63, 3.8) is 0 Å². The Balaban J connectivity index is 1.25. The Hall–Kier alpha value is -4.07. The highest BCUT2D eigenvalue weighted by Gasteiger charge is 2.48. The highest BCUT2D eigenvalue weighted by atomic mass is 35.5. The molecule has 1 fully saturated rings. The molecule has 0 aromatic heterocycles. The highest BCUT2D eigenvalue weighted by Crippen LogP contribution is 2.41. The fraction of sp³-hybridized carbons (Fsp3) is 0.510. The molecule has 68 heavy (non-hydrogen) atoms. The highest BCUT2D eigenvalue weighted by molar-refractivity contribution is 7.99. The molecule has 1 aliphatic carbocycles. The number of carbonyl (C=O) groups is 2. The molecule has 0 saturated carbocycles. The number of alkyl halides is 3. The van der Waals surface area contributed by atoms with Gasteiger partial charge < -0.3 is 20.9 Å². The molecule has 3 aromatic rings. The maximum Gasteiger partial charge on any atom is 0.501 e. The van der Waals surface area contributed by atoms with Crippen molar-refractivity contribution in [1.29, 1.82) is 0 Å². The van der Waals surface area contributed by atoms with E-state index in [2.05, 4.69) is 40.4 Å². The smallest absolute Gasteiger partial charge is 0.380 e. The van der Waals surface area contributed by atoms with E-state index in [1.165, 1.54) is 35.0 Å². The molecule has 4 N–H and O–H groups in total. The number of hydrogen-bond acceptors (Lipinski definition) is 11. The predicted octanol–water partition coefficient (Wildman–Crippen LogP) is 9.59. The summed E-state index contributed by atoms with van der Waals surface area (Å²) in [5.74, 6) is -1.03. The average molecular weight is 1020 g/mol. The number of nitrogens with one attached hydrogen (secondary N) is 2. The third-order valence-electron chi connectivity index (χ3n) is 12.5. The number of piperazine rings is 1. The van der Waals surface area contributed by atoms with Crippen LogP contribution in [0.3, 0.4) is 0 Å².